The highest BCUT2D eigenvalue weighted by atomic mass is 19.1. The monoisotopic (exact) mass is 248 g/mol. The van der Waals surface area contributed by atoms with Crippen LogP contribution in [0.2, 0.25) is 5.31 Å². The van der Waals surface area contributed by atoms with E-state index in [9.17, 15) is 4.39 Å². The lowest BCUT2D eigenvalue weighted by Crippen LogP contribution is -2.31. The van der Waals surface area contributed by atoms with Crippen molar-refractivity contribution in [2.45, 2.75) is 51.5 Å². The maximum Gasteiger partial charge on any atom is 0.166 e. The number of aryl methyl sites for hydroxylation is 1. The van der Waals surface area contributed by atoms with Gasteiger partial charge in [0.2, 0.25) is 0 Å². The molecular weight excluding hydrogens is 228 g/mol. The molecule has 1 saturated heterocycles. The fourth-order valence-electron chi connectivity index (χ4n) is 2.17. The highest BCUT2D eigenvalue weighted by Gasteiger charge is 2.49. The van der Waals surface area contributed by atoms with Gasteiger partial charge in [-0.1, -0.05) is 13.8 Å². The van der Waals surface area contributed by atoms with E-state index >= 15 is 0 Å². The lowest BCUT2D eigenvalue weighted by molar-refractivity contribution is -0.0352. The number of benzene rings is 1. The van der Waals surface area contributed by atoms with Crippen LogP contribution in [-0.2, 0) is 4.74 Å². The Morgan fingerprint density at radius 2 is 1.89 bits per heavy atom. The van der Waals surface area contributed by atoms with Gasteiger partial charge in [0.1, 0.15) is 5.82 Å². The van der Waals surface area contributed by atoms with Gasteiger partial charge in [0.25, 0.3) is 0 Å². The standard InChI is InChI=1S/C14H20BFNO/c1-8-6-9(10(16)7-11(8)17)12-15-13(2,3)14(4,5)18-12/h6-7,12H,17H2,1-5H3. The third kappa shape index (κ3) is 2.03. The normalized spacial score (nSPS) is 24.9. The first kappa shape index (κ1) is 13.4. The van der Waals surface area contributed by atoms with Gasteiger partial charge >= 0.3 is 0 Å². The van der Waals surface area contributed by atoms with E-state index in [1.54, 1.807) is 6.07 Å². The Morgan fingerprint density at radius 3 is 2.39 bits per heavy atom. The van der Waals surface area contributed by atoms with E-state index in [0.717, 1.165) is 5.56 Å². The van der Waals surface area contributed by atoms with E-state index in [4.69, 9.17) is 10.5 Å². The molecular formula is C14H20BFNO. The van der Waals surface area contributed by atoms with Gasteiger partial charge in [-0.05, 0) is 43.8 Å². The molecule has 4 heteroatoms. The Labute approximate surface area is 109 Å². The Morgan fingerprint density at radius 1 is 1.28 bits per heavy atom. The predicted octanol–water partition coefficient (Wildman–Crippen LogP) is 3.43. The molecule has 0 amide bonds. The van der Waals surface area contributed by atoms with Crippen LogP contribution in [0.1, 0.15) is 44.8 Å². The fourth-order valence-corrected chi connectivity index (χ4v) is 2.17. The molecule has 1 aromatic carbocycles. The molecule has 1 atom stereocenters. The molecule has 1 unspecified atom stereocenters. The molecule has 18 heavy (non-hydrogen) atoms. The SMILES string of the molecule is Cc1cc(C2[B]C(C)(C)C(C)(C)O2)c(F)cc1N. The zero-order chi connectivity index (χ0) is 13.7. The molecule has 1 heterocycles. The van der Waals surface area contributed by atoms with Gasteiger partial charge in [0, 0.05) is 11.3 Å². The van der Waals surface area contributed by atoms with Gasteiger partial charge in [0.15, 0.2) is 7.28 Å². The number of anilines is 1. The van der Waals surface area contributed by atoms with Crippen molar-refractivity contribution in [3.05, 3.63) is 29.1 Å². The van der Waals surface area contributed by atoms with Crippen LogP contribution in [0.15, 0.2) is 12.1 Å². The van der Waals surface area contributed by atoms with Crippen molar-refractivity contribution in [1.82, 2.24) is 0 Å². The van der Waals surface area contributed by atoms with Crippen LogP contribution in [-0.4, -0.2) is 12.9 Å². The summed E-state index contributed by atoms with van der Waals surface area (Å²) in [5.41, 5.74) is 7.33. The molecule has 1 aliphatic rings. The van der Waals surface area contributed by atoms with Crippen molar-refractivity contribution in [1.29, 1.82) is 0 Å². The second-order valence-electron chi connectivity index (χ2n) is 6.17. The first-order valence-electron chi connectivity index (χ1n) is 6.23. The van der Waals surface area contributed by atoms with Crippen molar-refractivity contribution >= 4 is 13.0 Å². The number of nitrogens with two attached hydrogens (primary N) is 1. The van der Waals surface area contributed by atoms with Gasteiger partial charge in [-0.3, -0.25) is 0 Å². The summed E-state index contributed by atoms with van der Waals surface area (Å²) in [6.07, 6.45) is 0. The zero-order valence-corrected chi connectivity index (χ0v) is 11.7. The van der Waals surface area contributed by atoms with E-state index in [1.165, 1.54) is 6.07 Å². The topological polar surface area (TPSA) is 35.2 Å². The van der Waals surface area contributed by atoms with E-state index in [2.05, 4.69) is 21.1 Å². The van der Waals surface area contributed by atoms with Crippen molar-refractivity contribution < 1.29 is 9.13 Å². The minimum Gasteiger partial charge on any atom is -0.398 e. The molecule has 2 N–H and O–H groups in total. The summed E-state index contributed by atoms with van der Waals surface area (Å²) in [5.74, 6) is -0.298. The third-order valence-electron chi connectivity index (χ3n) is 4.23. The summed E-state index contributed by atoms with van der Waals surface area (Å²) >= 11 is 0. The molecule has 0 aliphatic carbocycles. The van der Waals surface area contributed by atoms with E-state index < -0.39 is 0 Å². The summed E-state index contributed by atoms with van der Waals surface area (Å²) in [6.45, 7) is 10.2. The van der Waals surface area contributed by atoms with Crippen LogP contribution in [0, 0.1) is 12.7 Å². The zero-order valence-electron chi connectivity index (χ0n) is 11.7. The lowest BCUT2D eigenvalue weighted by atomic mass is 9.47. The van der Waals surface area contributed by atoms with Crippen LogP contribution in [0.3, 0.4) is 0 Å². The van der Waals surface area contributed by atoms with Gasteiger partial charge in [0.05, 0.1) is 11.6 Å². The molecule has 0 spiro atoms. The smallest absolute Gasteiger partial charge is 0.166 e. The van der Waals surface area contributed by atoms with E-state index in [1.807, 2.05) is 20.8 Å². The minimum absolute atomic E-state index is 0.0978. The second kappa shape index (κ2) is 3.99. The van der Waals surface area contributed by atoms with Crippen LogP contribution < -0.4 is 5.73 Å². The summed E-state index contributed by atoms with van der Waals surface area (Å²) in [5, 5.41) is -0.0978. The van der Waals surface area contributed by atoms with Gasteiger partial charge < -0.3 is 10.5 Å². The van der Waals surface area contributed by atoms with Crippen molar-refractivity contribution in [2.24, 2.45) is 0 Å². The molecule has 1 radical (unpaired) electrons. The number of nitrogen functional groups attached to an aromatic ring is 1. The van der Waals surface area contributed by atoms with Crippen molar-refractivity contribution in [3.8, 4) is 0 Å². The Balaban J connectivity index is 2.38. The molecule has 1 aliphatic heterocycles. The van der Waals surface area contributed by atoms with E-state index in [0.29, 0.717) is 11.3 Å². The van der Waals surface area contributed by atoms with Crippen molar-refractivity contribution in [2.75, 3.05) is 5.73 Å². The summed E-state index contributed by atoms with van der Waals surface area (Å²) < 4.78 is 20.0. The van der Waals surface area contributed by atoms with Crippen molar-refractivity contribution in [3.63, 3.8) is 0 Å². The highest BCUT2D eigenvalue weighted by Crippen LogP contribution is 2.51. The molecule has 1 aromatic rings. The quantitative estimate of drug-likeness (QED) is 0.610. The van der Waals surface area contributed by atoms with Gasteiger partial charge in [-0.2, -0.15) is 0 Å². The molecule has 0 saturated carbocycles. The minimum atomic E-state index is -0.311. The van der Waals surface area contributed by atoms with Crippen LogP contribution in [0.25, 0.3) is 0 Å². The molecule has 2 nitrogen and oxygen atoms in total. The maximum absolute atomic E-state index is 14.0. The average molecular weight is 248 g/mol. The van der Waals surface area contributed by atoms with Gasteiger partial charge in [-0.15, -0.1) is 0 Å². The largest absolute Gasteiger partial charge is 0.398 e. The molecule has 2 rings (SSSR count). The number of ether oxygens (including phenoxy) is 1. The third-order valence-corrected chi connectivity index (χ3v) is 4.23. The Hall–Kier alpha value is -1.03. The fraction of sp³-hybridized carbons (Fsp3) is 0.571. The van der Waals surface area contributed by atoms with Crippen LogP contribution >= 0.6 is 0 Å². The first-order chi connectivity index (χ1) is 8.14. The number of hydrogen-bond donors (Lipinski definition) is 1. The molecule has 97 valence electrons. The summed E-state index contributed by atoms with van der Waals surface area (Å²) in [7, 11) is 2.07. The maximum atomic E-state index is 14.0. The first-order valence-corrected chi connectivity index (χ1v) is 6.23. The number of hydrogen-bond acceptors (Lipinski definition) is 2. The summed E-state index contributed by atoms with van der Waals surface area (Å²) in [6, 6.07) is 2.85. The Kier molecular flexibility index (Phi) is 2.97. The lowest BCUT2D eigenvalue weighted by Gasteiger charge is -2.33. The van der Waals surface area contributed by atoms with Crippen LogP contribution in [0.5, 0.6) is 0 Å². The second-order valence-corrected chi connectivity index (χ2v) is 6.17. The predicted molar refractivity (Wildman–Crippen MR) is 73.2 cm³/mol. The highest BCUT2D eigenvalue weighted by molar-refractivity contribution is 6.43. The number of rotatable bonds is 1. The van der Waals surface area contributed by atoms with E-state index in [-0.39, 0.29) is 22.7 Å². The number of halogens is 1. The average Bonchev–Trinajstić information content (AvgIpc) is 2.42. The van der Waals surface area contributed by atoms with Crippen LogP contribution in [0.4, 0.5) is 10.1 Å². The molecule has 0 aromatic heterocycles. The molecule has 1 fully saturated rings. The Bertz CT molecular complexity index is 469. The summed E-state index contributed by atoms with van der Waals surface area (Å²) in [4.78, 5) is 0. The molecule has 0 bridgehead atoms. The van der Waals surface area contributed by atoms with Gasteiger partial charge in [-0.25, -0.2) is 4.39 Å².